The highest BCUT2D eigenvalue weighted by Gasteiger charge is 2.34. The van der Waals surface area contributed by atoms with Crippen molar-refractivity contribution in [1.82, 2.24) is 0 Å². The molecule has 1 aromatic rings. The van der Waals surface area contributed by atoms with Gasteiger partial charge in [0.25, 0.3) is 0 Å². The van der Waals surface area contributed by atoms with Crippen LogP contribution in [-0.2, 0) is 0 Å². The molecule has 0 heterocycles. The molecule has 0 bridgehead atoms. The zero-order valence-corrected chi connectivity index (χ0v) is 19.0. The highest BCUT2D eigenvalue weighted by Crippen LogP contribution is 2.66. The van der Waals surface area contributed by atoms with Crippen LogP contribution in [0.3, 0.4) is 0 Å². The van der Waals surface area contributed by atoms with E-state index in [0.717, 1.165) is 12.8 Å². The molecule has 0 aliphatic heterocycles. The van der Waals surface area contributed by atoms with Crippen molar-refractivity contribution >= 4 is 12.7 Å². The molecule has 0 saturated carbocycles. The van der Waals surface area contributed by atoms with E-state index in [2.05, 4.69) is 78.9 Å². The highest BCUT2D eigenvalue weighted by molar-refractivity contribution is 7.70. The molecule has 0 aromatic heterocycles. The summed E-state index contributed by atoms with van der Waals surface area (Å²) in [5, 5.41) is 14.8. The molecule has 1 aliphatic carbocycles. The number of hydrogen-bond donors (Lipinski definition) is 2. The lowest BCUT2D eigenvalue weighted by atomic mass is 9.92. The molecule has 0 radical (unpaired) electrons. The normalized spacial score (nSPS) is 15.8. The van der Waals surface area contributed by atoms with E-state index in [1.807, 2.05) is 0 Å². The van der Waals surface area contributed by atoms with Gasteiger partial charge < -0.3 is 10.5 Å². The van der Waals surface area contributed by atoms with Crippen molar-refractivity contribution in [2.24, 2.45) is 0 Å². The number of para-hydroxylation sites is 1. The van der Waals surface area contributed by atoms with Gasteiger partial charge in [0.1, 0.15) is 0 Å². The summed E-state index contributed by atoms with van der Waals surface area (Å²) in [4.78, 5) is 0. The van der Waals surface area contributed by atoms with Crippen LogP contribution in [0.4, 0.5) is 5.69 Å². The van der Waals surface area contributed by atoms with Crippen molar-refractivity contribution < 1.29 is 0 Å². The molecule has 0 atom stereocenters. The topological polar surface area (TPSA) is 35.9 Å². The Morgan fingerprint density at radius 2 is 1.35 bits per heavy atom. The van der Waals surface area contributed by atoms with Crippen LogP contribution < -0.4 is 5.32 Å². The minimum absolute atomic E-state index is 0.428. The summed E-state index contributed by atoms with van der Waals surface area (Å²) in [6.45, 7) is 18.1. The van der Waals surface area contributed by atoms with E-state index < -0.39 is 7.05 Å². The molecule has 2 N–H and O–H groups in total. The number of anilines is 1. The number of rotatable bonds is 7. The summed E-state index contributed by atoms with van der Waals surface area (Å²) in [5.41, 5.74) is 6.34. The molecule has 0 saturated heterocycles. The van der Waals surface area contributed by atoms with Gasteiger partial charge in [-0.15, -0.1) is 0 Å². The van der Waals surface area contributed by atoms with Crippen molar-refractivity contribution in [1.29, 1.82) is 5.16 Å². The van der Waals surface area contributed by atoms with E-state index in [4.69, 9.17) is 0 Å². The minimum atomic E-state index is -1.86. The first-order valence-corrected chi connectivity index (χ1v) is 12.3. The van der Waals surface area contributed by atoms with E-state index >= 15 is 0 Å². The van der Waals surface area contributed by atoms with Gasteiger partial charge in [-0.3, -0.25) is 0 Å². The van der Waals surface area contributed by atoms with Gasteiger partial charge in [-0.05, 0) is 65.9 Å². The summed E-state index contributed by atoms with van der Waals surface area (Å²) in [7, 11) is -1.86. The van der Waals surface area contributed by atoms with Gasteiger partial charge in [0.05, 0.1) is 0 Å². The third kappa shape index (κ3) is 3.96. The van der Waals surface area contributed by atoms with Crippen LogP contribution in [0.2, 0.25) is 0 Å². The minimum Gasteiger partial charge on any atom is -0.358 e. The van der Waals surface area contributed by atoms with Crippen LogP contribution in [0.15, 0.2) is 29.2 Å². The molecule has 3 heteroatoms. The Morgan fingerprint density at radius 1 is 0.846 bits per heavy atom. The average Bonchev–Trinajstić information content (AvgIpc) is 3.01. The molecule has 26 heavy (non-hydrogen) atoms. The Kier molecular flexibility index (Phi) is 6.83. The van der Waals surface area contributed by atoms with Gasteiger partial charge in [0, 0.05) is 11.4 Å². The fourth-order valence-electron chi connectivity index (χ4n) is 4.34. The lowest BCUT2D eigenvalue weighted by Gasteiger charge is -2.33. The van der Waals surface area contributed by atoms with Gasteiger partial charge in [-0.25, -0.2) is 0 Å². The summed E-state index contributed by atoms with van der Waals surface area (Å²) < 4.78 is 0. The predicted molar refractivity (Wildman–Crippen MR) is 119 cm³/mol. The Labute approximate surface area is 161 Å². The Morgan fingerprint density at radius 3 is 1.77 bits per heavy atom. The molecule has 0 unspecified atom stereocenters. The molecule has 2 rings (SSSR count). The predicted octanol–water partition coefficient (Wildman–Crippen LogP) is 8.34. The van der Waals surface area contributed by atoms with Crippen LogP contribution in [0, 0.1) is 5.16 Å². The van der Waals surface area contributed by atoms with Crippen LogP contribution in [0.25, 0.3) is 0 Å². The van der Waals surface area contributed by atoms with Gasteiger partial charge in [-0.2, -0.15) is 0 Å². The first-order valence-electron chi connectivity index (χ1n) is 10.4. The lowest BCUT2D eigenvalue weighted by Crippen LogP contribution is -2.13. The molecule has 0 fully saturated rings. The summed E-state index contributed by atoms with van der Waals surface area (Å²) >= 11 is 0. The van der Waals surface area contributed by atoms with E-state index in [9.17, 15) is 5.16 Å². The molecule has 1 aliphatic rings. The zero-order valence-electron chi connectivity index (χ0n) is 18.1. The number of hydrogen-bond acceptors (Lipinski definition) is 2. The lowest BCUT2D eigenvalue weighted by molar-refractivity contribution is 0.834. The van der Waals surface area contributed by atoms with Crippen molar-refractivity contribution in [3.63, 3.8) is 0 Å². The maximum absolute atomic E-state index is 9.41. The molecular formula is C23H39N2P. The highest BCUT2D eigenvalue weighted by atomic mass is 31.2. The van der Waals surface area contributed by atoms with Crippen molar-refractivity contribution in [2.75, 3.05) is 5.32 Å². The quantitative estimate of drug-likeness (QED) is 0.462. The molecule has 0 amide bonds. The van der Waals surface area contributed by atoms with Gasteiger partial charge >= 0.3 is 0 Å². The summed E-state index contributed by atoms with van der Waals surface area (Å²) in [6, 6.07) is 6.73. The first kappa shape index (κ1) is 21.3. The van der Waals surface area contributed by atoms with E-state index in [1.54, 1.807) is 0 Å². The fraction of sp³-hybridized carbons (Fsp3) is 0.652. The second kappa shape index (κ2) is 8.34. The third-order valence-electron chi connectivity index (χ3n) is 5.91. The van der Waals surface area contributed by atoms with Crippen LogP contribution in [0.1, 0.15) is 97.6 Å². The van der Waals surface area contributed by atoms with Crippen LogP contribution in [-0.4, -0.2) is 11.3 Å². The molecular weight excluding hydrogens is 335 g/mol. The average molecular weight is 375 g/mol. The van der Waals surface area contributed by atoms with Crippen LogP contribution in [0.5, 0.6) is 0 Å². The third-order valence-corrected chi connectivity index (χ3v) is 10.6. The summed E-state index contributed by atoms with van der Waals surface area (Å²) in [5.74, 6) is 0.986. The maximum atomic E-state index is 9.41. The Balaban J connectivity index is 2.58. The second-order valence-electron chi connectivity index (χ2n) is 8.99. The van der Waals surface area contributed by atoms with Crippen molar-refractivity contribution in [3.8, 4) is 0 Å². The first-order chi connectivity index (χ1) is 12.1. The molecule has 2 nitrogen and oxygen atoms in total. The largest absolute Gasteiger partial charge is 0.358 e. The number of allylic oxidation sites excluding steroid dienone is 2. The van der Waals surface area contributed by atoms with Crippen molar-refractivity contribution in [2.45, 2.75) is 97.8 Å². The Hall–Kier alpha value is -1.01. The molecule has 1 aromatic carbocycles. The monoisotopic (exact) mass is 374 g/mol. The maximum Gasteiger partial charge on any atom is 0.0452 e. The van der Waals surface area contributed by atoms with Gasteiger partial charge in [-0.1, -0.05) is 73.6 Å². The number of nitrogens with one attached hydrogen (secondary N) is 2. The number of benzene rings is 1. The van der Waals surface area contributed by atoms with Crippen molar-refractivity contribution in [3.05, 3.63) is 40.3 Å². The van der Waals surface area contributed by atoms with Crippen LogP contribution >= 0.6 is 7.05 Å². The standard InChI is InChI=1S/C23H39N2P/c1-15(2)19-11-9-12-20(16(3)4)23(19)25-21-13-10-14-22(21)26(24,17(5)6)18(7)8/h9,11-12,15-18,24-25H,10,13-14H2,1-8H3. The second-order valence-corrected chi connectivity index (χ2v) is 13.1. The van der Waals surface area contributed by atoms with E-state index in [-0.39, 0.29) is 0 Å². The fourth-order valence-corrected chi connectivity index (χ4v) is 7.92. The van der Waals surface area contributed by atoms with E-state index in [0.29, 0.717) is 23.2 Å². The Bertz CT molecular complexity index is 673. The summed E-state index contributed by atoms with van der Waals surface area (Å²) in [6.07, 6.45) is 3.40. The molecule has 0 spiro atoms. The van der Waals surface area contributed by atoms with Gasteiger partial charge in [0.2, 0.25) is 0 Å². The molecule has 146 valence electrons. The smallest absolute Gasteiger partial charge is 0.0452 e. The SMILES string of the molecule is CC(C)c1cccc(C(C)C)c1NC1=C(P(=N)(C(C)C)C(C)C)CCC1. The zero-order chi connectivity index (χ0) is 19.6. The van der Waals surface area contributed by atoms with Gasteiger partial charge in [0.15, 0.2) is 0 Å². The van der Waals surface area contributed by atoms with E-state index in [1.165, 1.54) is 34.2 Å².